The predicted molar refractivity (Wildman–Crippen MR) is 108 cm³/mol. The molecule has 140 valence electrons. The Balaban J connectivity index is 1.85. The number of amides is 1. The zero-order valence-electron chi connectivity index (χ0n) is 15.4. The maximum absolute atomic E-state index is 12.6. The van der Waals surface area contributed by atoms with Crippen molar-refractivity contribution in [1.29, 1.82) is 0 Å². The standard InChI is InChI=1S/C22H19N3O3/c1-14(2)22(27)28-13-12-24-21(26)20(23-3)19-17-10-5-4-8-15(17)16-9-6-7-11-18(16)25-19/h4-11,25H,1,12-13H2,2H3,(H,24,26)/b20-19-. The van der Waals surface area contributed by atoms with E-state index < -0.39 is 11.9 Å². The van der Waals surface area contributed by atoms with E-state index in [-0.39, 0.29) is 24.4 Å². The van der Waals surface area contributed by atoms with E-state index in [1.54, 1.807) is 6.92 Å². The fourth-order valence-corrected chi connectivity index (χ4v) is 2.89. The van der Waals surface area contributed by atoms with Crippen molar-refractivity contribution >= 4 is 23.3 Å². The van der Waals surface area contributed by atoms with Crippen molar-refractivity contribution in [3.05, 3.63) is 83.4 Å². The summed E-state index contributed by atoms with van der Waals surface area (Å²) in [6.07, 6.45) is 0. The molecule has 2 aromatic rings. The molecule has 0 atom stereocenters. The van der Waals surface area contributed by atoms with E-state index in [0.29, 0.717) is 5.70 Å². The smallest absolute Gasteiger partial charge is 0.333 e. The lowest BCUT2D eigenvalue weighted by molar-refractivity contribution is -0.139. The van der Waals surface area contributed by atoms with Crippen molar-refractivity contribution in [1.82, 2.24) is 5.32 Å². The summed E-state index contributed by atoms with van der Waals surface area (Å²) in [5, 5.41) is 5.84. The van der Waals surface area contributed by atoms with E-state index in [4.69, 9.17) is 11.3 Å². The summed E-state index contributed by atoms with van der Waals surface area (Å²) in [4.78, 5) is 27.4. The summed E-state index contributed by atoms with van der Waals surface area (Å²) in [6, 6.07) is 15.4. The molecule has 1 heterocycles. The van der Waals surface area contributed by atoms with Crippen LogP contribution in [0.5, 0.6) is 0 Å². The number of anilines is 1. The van der Waals surface area contributed by atoms with Gasteiger partial charge < -0.3 is 15.4 Å². The highest BCUT2D eigenvalue weighted by Crippen LogP contribution is 2.40. The summed E-state index contributed by atoms with van der Waals surface area (Å²) < 4.78 is 4.95. The Morgan fingerprint density at radius 3 is 2.43 bits per heavy atom. The molecule has 2 aromatic carbocycles. The number of fused-ring (bicyclic) bond motifs is 3. The molecule has 1 amide bonds. The second-order valence-electron chi connectivity index (χ2n) is 6.22. The molecule has 28 heavy (non-hydrogen) atoms. The normalized spacial score (nSPS) is 13.1. The van der Waals surface area contributed by atoms with Gasteiger partial charge in [-0.05, 0) is 24.1 Å². The summed E-state index contributed by atoms with van der Waals surface area (Å²) >= 11 is 0. The Kier molecular flexibility index (Phi) is 5.56. The fraction of sp³-hybridized carbons (Fsp3) is 0.136. The molecule has 0 aliphatic carbocycles. The second-order valence-corrected chi connectivity index (χ2v) is 6.22. The zero-order valence-corrected chi connectivity index (χ0v) is 15.4. The Morgan fingerprint density at radius 1 is 1.11 bits per heavy atom. The number of rotatable bonds is 5. The monoisotopic (exact) mass is 373 g/mol. The number of ether oxygens (including phenoxy) is 1. The molecule has 6 nitrogen and oxygen atoms in total. The highest BCUT2D eigenvalue weighted by molar-refractivity contribution is 6.09. The molecule has 0 saturated heterocycles. The minimum atomic E-state index is -0.530. The van der Waals surface area contributed by atoms with Crippen LogP contribution in [0.3, 0.4) is 0 Å². The number of carbonyl (C=O) groups is 2. The van der Waals surface area contributed by atoms with Crippen molar-refractivity contribution < 1.29 is 14.3 Å². The average molecular weight is 373 g/mol. The number of nitrogens with one attached hydrogen (secondary N) is 2. The van der Waals surface area contributed by atoms with E-state index in [1.807, 2.05) is 48.5 Å². The van der Waals surface area contributed by atoms with Gasteiger partial charge in [-0.1, -0.05) is 49.0 Å². The van der Waals surface area contributed by atoms with Crippen molar-refractivity contribution in [3.8, 4) is 11.1 Å². The van der Waals surface area contributed by atoms with Crippen molar-refractivity contribution in [3.63, 3.8) is 0 Å². The highest BCUT2D eigenvalue weighted by Gasteiger charge is 2.25. The number of nitrogens with zero attached hydrogens (tertiary/aromatic N) is 1. The number of benzene rings is 2. The molecule has 3 rings (SSSR count). The SMILES string of the molecule is [C-]#[N+]/C(C(=O)NCCOC(=O)C(=C)C)=C1\Nc2ccccc2-c2ccccc21. The van der Waals surface area contributed by atoms with Crippen LogP contribution in [0.25, 0.3) is 21.7 Å². The van der Waals surface area contributed by atoms with Gasteiger partial charge in [-0.15, -0.1) is 0 Å². The molecule has 0 spiro atoms. The number of esters is 1. The van der Waals surface area contributed by atoms with Gasteiger partial charge in [0.2, 0.25) is 0 Å². The first kappa shape index (κ1) is 18.9. The van der Waals surface area contributed by atoms with Gasteiger partial charge in [0.15, 0.2) is 0 Å². The largest absolute Gasteiger partial charge is 0.460 e. The van der Waals surface area contributed by atoms with E-state index in [0.717, 1.165) is 22.4 Å². The van der Waals surface area contributed by atoms with Crippen LogP contribution >= 0.6 is 0 Å². The number of para-hydroxylation sites is 1. The minimum Gasteiger partial charge on any atom is -0.460 e. The third kappa shape index (κ3) is 3.79. The average Bonchev–Trinajstić information content (AvgIpc) is 2.71. The molecular weight excluding hydrogens is 354 g/mol. The summed E-state index contributed by atoms with van der Waals surface area (Å²) in [5.74, 6) is -1.05. The molecule has 0 bridgehead atoms. The maximum Gasteiger partial charge on any atom is 0.333 e. The number of hydrogen-bond acceptors (Lipinski definition) is 4. The van der Waals surface area contributed by atoms with Crippen LogP contribution in [-0.4, -0.2) is 25.0 Å². The lowest BCUT2D eigenvalue weighted by Crippen LogP contribution is -2.30. The Morgan fingerprint density at radius 2 is 1.75 bits per heavy atom. The number of hydrogen-bond donors (Lipinski definition) is 2. The first-order valence-corrected chi connectivity index (χ1v) is 8.71. The second kappa shape index (κ2) is 8.23. The van der Waals surface area contributed by atoms with Gasteiger partial charge in [0.25, 0.3) is 11.6 Å². The van der Waals surface area contributed by atoms with Gasteiger partial charge in [0.05, 0.1) is 18.8 Å². The maximum atomic E-state index is 12.6. The van der Waals surface area contributed by atoms with Crippen LogP contribution in [0, 0.1) is 6.57 Å². The molecule has 2 N–H and O–H groups in total. The molecule has 0 saturated carbocycles. The van der Waals surface area contributed by atoms with Crippen molar-refractivity contribution in [2.75, 3.05) is 18.5 Å². The van der Waals surface area contributed by atoms with E-state index in [1.165, 1.54) is 0 Å². The first-order chi connectivity index (χ1) is 13.5. The topological polar surface area (TPSA) is 71.8 Å². The quantitative estimate of drug-likeness (QED) is 0.364. The molecule has 0 radical (unpaired) electrons. The van der Waals surface area contributed by atoms with Crippen LogP contribution < -0.4 is 10.6 Å². The van der Waals surface area contributed by atoms with Gasteiger partial charge in [-0.2, -0.15) is 0 Å². The van der Waals surface area contributed by atoms with Crippen molar-refractivity contribution in [2.24, 2.45) is 0 Å². The Bertz CT molecular complexity index is 1030. The lowest BCUT2D eigenvalue weighted by Gasteiger charge is -2.25. The van der Waals surface area contributed by atoms with E-state index in [9.17, 15) is 9.59 Å². The van der Waals surface area contributed by atoms with E-state index >= 15 is 0 Å². The zero-order chi connectivity index (χ0) is 20.1. The summed E-state index contributed by atoms with van der Waals surface area (Å²) in [5.41, 5.74) is 4.29. The van der Waals surface area contributed by atoms with E-state index in [2.05, 4.69) is 22.1 Å². The van der Waals surface area contributed by atoms with Gasteiger partial charge in [-0.3, -0.25) is 4.79 Å². The van der Waals surface area contributed by atoms with Crippen LogP contribution in [0.1, 0.15) is 12.5 Å². The first-order valence-electron chi connectivity index (χ1n) is 8.71. The Hall–Kier alpha value is -3.85. The molecule has 1 aliphatic heterocycles. The summed E-state index contributed by atoms with van der Waals surface area (Å²) in [6.45, 7) is 12.7. The summed E-state index contributed by atoms with van der Waals surface area (Å²) in [7, 11) is 0. The lowest BCUT2D eigenvalue weighted by atomic mass is 9.91. The van der Waals surface area contributed by atoms with Gasteiger partial charge in [0, 0.05) is 16.8 Å². The molecule has 1 aliphatic rings. The van der Waals surface area contributed by atoms with Crippen LogP contribution in [0.2, 0.25) is 0 Å². The van der Waals surface area contributed by atoms with Crippen LogP contribution in [-0.2, 0) is 14.3 Å². The number of carbonyl (C=O) groups excluding carboxylic acids is 2. The van der Waals surface area contributed by atoms with Crippen molar-refractivity contribution in [2.45, 2.75) is 6.92 Å². The minimum absolute atomic E-state index is 0.00486. The molecule has 6 heteroatoms. The van der Waals surface area contributed by atoms with Crippen LogP contribution in [0.4, 0.5) is 5.69 Å². The third-order valence-corrected chi connectivity index (χ3v) is 4.21. The molecule has 0 unspecified atom stereocenters. The highest BCUT2D eigenvalue weighted by atomic mass is 16.5. The molecule has 0 fully saturated rings. The predicted octanol–water partition coefficient (Wildman–Crippen LogP) is 3.60. The fourth-order valence-electron chi connectivity index (χ4n) is 2.89. The molecular formula is C22H19N3O3. The Labute approximate surface area is 163 Å². The van der Waals surface area contributed by atoms with Gasteiger partial charge in [0.1, 0.15) is 6.61 Å². The molecule has 0 aromatic heterocycles. The van der Waals surface area contributed by atoms with Gasteiger partial charge >= 0.3 is 5.97 Å². The van der Waals surface area contributed by atoms with Gasteiger partial charge in [-0.25, -0.2) is 9.64 Å². The third-order valence-electron chi connectivity index (χ3n) is 4.21. The van der Waals surface area contributed by atoms with Crippen LogP contribution in [0.15, 0.2) is 66.4 Å².